The van der Waals surface area contributed by atoms with E-state index in [0.717, 1.165) is 12.0 Å². The van der Waals surface area contributed by atoms with E-state index in [1.165, 1.54) is 4.90 Å². The number of aryl methyl sites for hydroxylation is 1. The van der Waals surface area contributed by atoms with Crippen LogP contribution in [0.2, 0.25) is 5.02 Å². The zero-order chi connectivity index (χ0) is 18.6. The van der Waals surface area contributed by atoms with E-state index >= 15 is 0 Å². The van der Waals surface area contributed by atoms with Crippen molar-refractivity contribution in [2.45, 2.75) is 25.3 Å². The molecule has 1 aliphatic rings. The summed E-state index contributed by atoms with van der Waals surface area (Å²) in [5.74, 6) is 0.437. The second-order valence-electron chi connectivity index (χ2n) is 6.51. The van der Waals surface area contributed by atoms with E-state index in [1.807, 2.05) is 30.3 Å². The topological polar surface area (TPSA) is 58.6 Å². The van der Waals surface area contributed by atoms with Gasteiger partial charge >= 0.3 is 6.03 Å². The van der Waals surface area contributed by atoms with Gasteiger partial charge in [0.1, 0.15) is 17.9 Å². The number of imide groups is 1. The zero-order valence-electron chi connectivity index (χ0n) is 14.6. The SMILES string of the molecule is CC1(CCc2ccccc2)NC(=O)N(CCOc2ccc(Cl)cc2)C1=O. The molecule has 0 aliphatic carbocycles. The Morgan fingerprint density at radius 1 is 1.08 bits per heavy atom. The smallest absolute Gasteiger partial charge is 0.325 e. The minimum absolute atomic E-state index is 0.203. The van der Waals surface area contributed by atoms with Gasteiger partial charge < -0.3 is 10.1 Å². The van der Waals surface area contributed by atoms with Gasteiger partial charge in [0.15, 0.2) is 0 Å². The molecule has 3 amide bonds. The molecule has 0 bridgehead atoms. The van der Waals surface area contributed by atoms with Crippen LogP contribution in [0, 0.1) is 0 Å². The fourth-order valence-corrected chi connectivity index (χ4v) is 3.07. The van der Waals surface area contributed by atoms with Gasteiger partial charge in [0.25, 0.3) is 5.91 Å². The summed E-state index contributed by atoms with van der Waals surface area (Å²) in [5.41, 5.74) is 0.257. The van der Waals surface area contributed by atoms with Crippen LogP contribution in [-0.2, 0) is 11.2 Å². The third-order valence-electron chi connectivity index (χ3n) is 4.50. The Bertz CT molecular complexity index is 779. The van der Waals surface area contributed by atoms with Crippen LogP contribution >= 0.6 is 11.6 Å². The van der Waals surface area contributed by atoms with Crippen LogP contribution < -0.4 is 10.1 Å². The van der Waals surface area contributed by atoms with Crippen LogP contribution in [0.25, 0.3) is 0 Å². The van der Waals surface area contributed by atoms with Crippen LogP contribution in [0.15, 0.2) is 54.6 Å². The summed E-state index contributed by atoms with van der Waals surface area (Å²) in [6.45, 7) is 2.21. The number of halogens is 1. The van der Waals surface area contributed by atoms with E-state index in [2.05, 4.69) is 5.32 Å². The summed E-state index contributed by atoms with van der Waals surface area (Å²) in [6.07, 6.45) is 1.27. The molecule has 6 heteroatoms. The molecule has 0 aromatic heterocycles. The Hall–Kier alpha value is -2.53. The molecule has 1 heterocycles. The molecule has 2 aromatic carbocycles. The first-order valence-corrected chi connectivity index (χ1v) is 8.92. The van der Waals surface area contributed by atoms with Gasteiger partial charge in [-0.05, 0) is 49.6 Å². The Kier molecular flexibility index (Phi) is 5.47. The molecule has 1 N–H and O–H groups in total. The van der Waals surface area contributed by atoms with Crippen molar-refractivity contribution in [1.29, 1.82) is 0 Å². The average molecular weight is 373 g/mol. The molecule has 0 radical (unpaired) electrons. The summed E-state index contributed by atoms with van der Waals surface area (Å²) in [4.78, 5) is 26.2. The van der Waals surface area contributed by atoms with Crippen LogP contribution in [0.5, 0.6) is 5.75 Å². The summed E-state index contributed by atoms with van der Waals surface area (Å²) in [6, 6.07) is 16.5. The van der Waals surface area contributed by atoms with Gasteiger partial charge in [-0.3, -0.25) is 9.69 Å². The first-order valence-electron chi connectivity index (χ1n) is 8.54. The molecule has 1 unspecified atom stereocenters. The molecule has 1 fully saturated rings. The van der Waals surface area contributed by atoms with E-state index in [9.17, 15) is 9.59 Å². The predicted octanol–water partition coefficient (Wildman–Crippen LogP) is 3.66. The number of hydrogen-bond acceptors (Lipinski definition) is 3. The number of urea groups is 1. The number of nitrogens with zero attached hydrogens (tertiary/aromatic N) is 1. The first kappa shape index (κ1) is 18.3. The Balaban J connectivity index is 1.54. The van der Waals surface area contributed by atoms with Crippen molar-refractivity contribution in [3.8, 4) is 5.75 Å². The minimum atomic E-state index is -0.882. The van der Waals surface area contributed by atoms with Gasteiger partial charge in [-0.1, -0.05) is 41.9 Å². The molecule has 5 nitrogen and oxygen atoms in total. The first-order chi connectivity index (χ1) is 12.5. The van der Waals surface area contributed by atoms with Crippen LogP contribution in [0.4, 0.5) is 4.79 Å². The summed E-state index contributed by atoms with van der Waals surface area (Å²) in [7, 11) is 0. The van der Waals surface area contributed by atoms with Crippen LogP contribution in [0.1, 0.15) is 18.9 Å². The fraction of sp³-hybridized carbons (Fsp3) is 0.300. The van der Waals surface area contributed by atoms with E-state index in [1.54, 1.807) is 31.2 Å². The van der Waals surface area contributed by atoms with E-state index in [-0.39, 0.29) is 25.1 Å². The quantitative estimate of drug-likeness (QED) is 0.754. The molecule has 2 aromatic rings. The van der Waals surface area contributed by atoms with Crippen molar-refractivity contribution in [2.75, 3.05) is 13.2 Å². The van der Waals surface area contributed by atoms with E-state index < -0.39 is 5.54 Å². The number of carbonyl (C=O) groups excluding carboxylic acids is 2. The molecule has 3 rings (SSSR count). The highest BCUT2D eigenvalue weighted by molar-refractivity contribution is 6.30. The van der Waals surface area contributed by atoms with E-state index in [0.29, 0.717) is 17.2 Å². The van der Waals surface area contributed by atoms with Crippen molar-refractivity contribution >= 4 is 23.5 Å². The number of benzene rings is 2. The van der Waals surface area contributed by atoms with Crippen LogP contribution in [0.3, 0.4) is 0 Å². The number of nitrogens with one attached hydrogen (secondary N) is 1. The third kappa shape index (κ3) is 4.17. The van der Waals surface area contributed by atoms with Crippen molar-refractivity contribution in [1.82, 2.24) is 10.2 Å². The molecule has 26 heavy (non-hydrogen) atoms. The Labute approximate surface area is 157 Å². The molecular weight excluding hydrogens is 352 g/mol. The maximum atomic E-state index is 12.7. The highest BCUT2D eigenvalue weighted by Crippen LogP contribution is 2.23. The monoisotopic (exact) mass is 372 g/mol. The van der Waals surface area contributed by atoms with Crippen LogP contribution in [-0.4, -0.2) is 35.5 Å². The largest absolute Gasteiger partial charge is 0.492 e. The fourth-order valence-electron chi connectivity index (χ4n) is 2.94. The number of rotatable bonds is 7. The second-order valence-corrected chi connectivity index (χ2v) is 6.94. The number of carbonyl (C=O) groups is 2. The lowest BCUT2D eigenvalue weighted by molar-refractivity contribution is -0.131. The third-order valence-corrected chi connectivity index (χ3v) is 4.75. The normalized spacial score (nSPS) is 19.5. The minimum Gasteiger partial charge on any atom is -0.492 e. The predicted molar refractivity (Wildman–Crippen MR) is 100 cm³/mol. The van der Waals surface area contributed by atoms with Crippen molar-refractivity contribution in [3.05, 3.63) is 65.2 Å². The number of ether oxygens (including phenoxy) is 1. The number of amides is 3. The highest BCUT2D eigenvalue weighted by atomic mass is 35.5. The Morgan fingerprint density at radius 3 is 2.46 bits per heavy atom. The van der Waals surface area contributed by atoms with Gasteiger partial charge in [-0.15, -0.1) is 0 Å². The van der Waals surface area contributed by atoms with E-state index in [4.69, 9.17) is 16.3 Å². The van der Waals surface area contributed by atoms with Gasteiger partial charge in [-0.2, -0.15) is 0 Å². The lowest BCUT2D eigenvalue weighted by Gasteiger charge is -2.21. The van der Waals surface area contributed by atoms with Gasteiger partial charge in [-0.25, -0.2) is 4.79 Å². The molecule has 0 saturated carbocycles. The second kappa shape index (κ2) is 7.79. The molecule has 1 saturated heterocycles. The molecule has 1 atom stereocenters. The maximum absolute atomic E-state index is 12.7. The summed E-state index contributed by atoms with van der Waals surface area (Å²) >= 11 is 5.83. The van der Waals surface area contributed by atoms with Crippen molar-refractivity contribution < 1.29 is 14.3 Å². The number of hydrogen-bond donors (Lipinski definition) is 1. The van der Waals surface area contributed by atoms with Gasteiger partial charge in [0.05, 0.1) is 6.54 Å². The summed E-state index contributed by atoms with van der Waals surface area (Å²) < 4.78 is 5.58. The molecule has 1 aliphatic heterocycles. The zero-order valence-corrected chi connectivity index (χ0v) is 15.3. The van der Waals surface area contributed by atoms with Crippen molar-refractivity contribution in [3.63, 3.8) is 0 Å². The van der Waals surface area contributed by atoms with Gasteiger partial charge in [0.2, 0.25) is 0 Å². The summed E-state index contributed by atoms with van der Waals surface area (Å²) in [5, 5.41) is 3.45. The van der Waals surface area contributed by atoms with Crippen molar-refractivity contribution in [2.24, 2.45) is 0 Å². The van der Waals surface area contributed by atoms with Gasteiger partial charge in [0, 0.05) is 5.02 Å². The lowest BCUT2D eigenvalue weighted by Crippen LogP contribution is -2.44. The maximum Gasteiger partial charge on any atom is 0.325 e. The standard InChI is InChI=1S/C20H21ClN2O3/c1-20(12-11-15-5-3-2-4-6-15)18(24)23(19(25)22-20)13-14-26-17-9-7-16(21)8-10-17/h2-10H,11-14H2,1H3,(H,22,25). The molecule has 136 valence electrons. The molecular formula is C20H21ClN2O3. The lowest BCUT2D eigenvalue weighted by atomic mass is 9.93. The average Bonchev–Trinajstić information content (AvgIpc) is 2.86. The Morgan fingerprint density at radius 2 is 1.77 bits per heavy atom. The molecule has 0 spiro atoms. The highest BCUT2D eigenvalue weighted by Gasteiger charge is 2.47.